The highest BCUT2D eigenvalue weighted by atomic mass is 31.2. The predicted octanol–water partition coefficient (Wildman–Crippen LogP) is 7.02. The molecule has 0 amide bonds. The van der Waals surface area contributed by atoms with Crippen LogP contribution in [0, 0.1) is 12.7 Å². The first-order valence-corrected chi connectivity index (χ1v) is 16.3. The first-order valence-electron chi connectivity index (χ1n) is 14.1. The summed E-state index contributed by atoms with van der Waals surface area (Å²) in [6, 6.07) is 12.0. The number of methoxy groups -OCH3 is 1. The predicted molar refractivity (Wildman–Crippen MR) is 163 cm³/mol. The third-order valence-electron chi connectivity index (χ3n) is 7.04. The number of aliphatic hydroxyl groups excluding tert-OH is 1. The number of ether oxygens (including phenoxy) is 2. The summed E-state index contributed by atoms with van der Waals surface area (Å²) in [6.45, 7) is 14.1. The van der Waals surface area contributed by atoms with E-state index in [2.05, 4.69) is 37.6 Å². The van der Waals surface area contributed by atoms with Crippen molar-refractivity contribution >= 4 is 13.3 Å². The molecule has 228 valence electrons. The van der Waals surface area contributed by atoms with Gasteiger partial charge in [0.2, 0.25) is 13.2 Å². The largest absolute Gasteiger partial charge is 0.481 e. The van der Waals surface area contributed by atoms with Gasteiger partial charge in [-0.3, -0.25) is 9.46 Å². The van der Waals surface area contributed by atoms with Crippen molar-refractivity contribution in [3.8, 4) is 22.8 Å². The first kappa shape index (κ1) is 33.4. The Morgan fingerprint density at radius 1 is 1.10 bits per heavy atom. The quantitative estimate of drug-likeness (QED) is 0.127. The number of halogens is 1. The molecule has 0 saturated heterocycles. The summed E-state index contributed by atoms with van der Waals surface area (Å²) in [5.41, 5.74) is 3.12. The number of pyridine rings is 1. The van der Waals surface area contributed by atoms with Crippen LogP contribution in [-0.4, -0.2) is 59.6 Å². The second-order valence-corrected chi connectivity index (χ2v) is 13.6. The molecule has 3 rings (SSSR count). The van der Waals surface area contributed by atoms with E-state index in [1.807, 2.05) is 0 Å². The van der Waals surface area contributed by atoms with Gasteiger partial charge < -0.3 is 19.1 Å². The molecule has 2 atom stereocenters. The van der Waals surface area contributed by atoms with Crippen LogP contribution >= 0.6 is 7.37 Å². The molecule has 8 nitrogen and oxygen atoms in total. The normalized spacial score (nSPS) is 13.8. The van der Waals surface area contributed by atoms with Crippen LogP contribution in [0.3, 0.4) is 0 Å². The number of benzene rings is 2. The van der Waals surface area contributed by atoms with Crippen molar-refractivity contribution in [2.75, 3.05) is 26.5 Å². The number of hydrogen-bond acceptors (Lipinski definition) is 8. The van der Waals surface area contributed by atoms with Crippen LogP contribution in [0.15, 0.2) is 48.7 Å². The standard InChI is InChI=1S/C32H42FN2O6P/c1-9-40-42(8,38)19-30(36)23-11-10-12-25(14-23)41-32(37)26-15-24(18-35(20(2)3)21(4)5)27(13-22(26)6)28-16-31(39-7)34-17-29(28)33/h10-17,20-21,30,36H,9,18-19H2,1-8H3/t30-,42-/m1/s1. The van der Waals surface area contributed by atoms with Gasteiger partial charge >= 0.3 is 5.97 Å². The van der Waals surface area contributed by atoms with Crippen LogP contribution in [0.5, 0.6) is 11.6 Å². The second-order valence-electron chi connectivity index (χ2n) is 11.0. The van der Waals surface area contributed by atoms with Crippen LogP contribution in [0.2, 0.25) is 0 Å². The highest BCUT2D eigenvalue weighted by Crippen LogP contribution is 2.46. The number of rotatable bonds is 13. The Bertz CT molecular complexity index is 1440. The van der Waals surface area contributed by atoms with Gasteiger partial charge in [-0.25, -0.2) is 14.2 Å². The number of nitrogens with zero attached hydrogens (tertiary/aromatic N) is 2. The molecule has 1 N–H and O–H groups in total. The van der Waals surface area contributed by atoms with Gasteiger partial charge in [0, 0.05) is 36.9 Å². The zero-order chi connectivity index (χ0) is 31.2. The van der Waals surface area contributed by atoms with Gasteiger partial charge in [0.1, 0.15) is 11.6 Å². The summed E-state index contributed by atoms with van der Waals surface area (Å²) in [6.07, 6.45) is 0.0236. The lowest BCUT2D eigenvalue weighted by Crippen LogP contribution is -2.36. The number of carbonyl (C=O) groups excluding carboxylic acids is 1. The van der Waals surface area contributed by atoms with Crippen molar-refractivity contribution in [3.05, 3.63) is 76.7 Å². The topological polar surface area (TPSA) is 98.2 Å². The van der Waals surface area contributed by atoms with E-state index in [0.29, 0.717) is 34.4 Å². The number of esters is 1. The Morgan fingerprint density at radius 2 is 1.79 bits per heavy atom. The lowest BCUT2D eigenvalue weighted by Gasteiger charge is -2.31. The molecule has 0 aliphatic carbocycles. The molecular formula is C32H42FN2O6P. The van der Waals surface area contributed by atoms with Gasteiger partial charge in [-0.2, -0.15) is 0 Å². The molecule has 3 aromatic rings. The molecule has 0 unspecified atom stereocenters. The Morgan fingerprint density at radius 3 is 2.40 bits per heavy atom. The summed E-state index contributed by atoms with van der Waals surface area (Å²) >= 11 is 0. The minimum Gasteiger partial charge on any atom is -0.481 e. The highest BCUT2D eigenvalue weighted by molar-refractivity contribution is 7.58. The summed E-state index contributed by atoms with van der Waals surface area (Å²) in [5.74, 6) is -0.565. The molecule has 0 aliphatic heterocycles. The van der Waals surface area contributed by atoms with Gasteiger partial charge in [0.15, 0.2) is 0 Å². The van der Waals surface area contributed by atoms with E-state index in [1.165, 1.54) is 13.8 Å². The zero-order valence-corrected chi connectivity index (χ0v) is 26.6. The number of carbonyl (C=O) groups is 1. The van der Waals surface area contributed by atoms with Crippen molar-refractivity contribution in [2.24, 2.45) is 0 Å². The smallest absolute Gasteiger partial charge is 0.343 e. The van der Waals surface area contributed by atoms with Crippen molar-refractivity contribution < 1.29 is 32.9 Å². The maximum absolute atomic E-state index is 15.1. The minimum absolute atomic E-state index is 0.0548. The van der Waals surface area contributed by atoms with Gasteiger partial charge in [0.05, 0.1) is 37.7 Å². The first-order chi connectivity index (χ1) is 19.8. The van der Waals surface area contributed by atoms with E-state index in [1.54, 1.807) is 56.3 Å². The minimum atomic E-state index is -2.98. The summed E-state index contributed by atoms with van der Waals surface area (Å²) in [5, 5.41) is 10.7. The molecule has 0 radical (unpaired) electrons. The Kier molecular flexibility index (Phi) is 11.4. The molecule has 0 saturated carbocycles. The fourth-order valence-electron chi connectivity index (χ4n) is 4.94. The lowest BCUT2D eigenvalue weighted by atomic mass is 9.93. The third-order valence-corrected chi connectivity index (χ3v) is 8.85. The molecule has 0 aliphatic rings. The van der Waals surface area contributed by atoms with Crippen LogP contribution in [0.1, 0.15) is 67.8 Å². The van der Waals surface area contributed by atoms with Crippen LogP contribution < -0.4 is 9.47 Å². The fraction of sp³-hybridized carbons (Fsp3) is 0.438. The van der Waals surface area contributed by atoms with E-state index < -0.39 is 25.3 Å². The molecule has 0 bridgehead atoms. The molecule has 10 heteroatoms. The van der Waals surface area contributed by atoms with Crippen molar-refractivity contribution in [1.82, 2.24) is 9.88 Å². The van der Waals surface area contributed by atoms with E-state index >= 15 is 4.39 Å². The summed E-state index contributed by atoms with van der Waals surface area (Å²) in [7, 11) is -1.51. The number of aliphatic hydroxyl groups is 1. The molecule has 1 heterocycles. The second kappa shape index (κ2) is 14.4. The molecule has 0 fully saturated rings. The van der Waals surface area contributed by atoms with Gasteiger partial charge in [-0.05, 0) is 82.0 Å². The number of hydrogen-bond donors (Lipinski definition) is 1. The zero-order valence-electron chi connectivity index (χ0n) is 25.7. The Hall–Kier alpha value is -3.10. The molecule has 2 aromatic carbocycles. The maximum Gasteiger partial charge on any atom is 0.343 e. The van der Waals surface area contributed by atoms with Crippen molar-refractivity contribution in [1.29, 1.82) is 0 Å². The summed E-state index contributed by atoms with van der Waals surface area (Å²) in [4.78, 5) is 19.7. The number of aryl methyl sites for hydroxylation is 1. The highest BCUT2D eigenvalue weighted by Gasteiger charge is 2.24. The molecule has 0 spiro atoms. The van der Waals surface area contributed by atoms with Gasteiger partial charge in [-0.1, -0.05) is 18.2 Å². The molecular weight excluding hydrogens is 558 g/mol. The average Bonchev–Trinajstić information content (AvgIpc) is 2.91. The monoisotopic (exact) mass is 600 g/mol. The van der Waals surface area contributed by atoms with E-state index in [-0.39, 0.29) is 36.5 Å². The third kappa shape index (κ3) is 8.48. The van der Waals surface area contributed by atoms with Gasteiger partial charge in [-0.15, -0.1) is 0 Å². The van der Waals surface area contributed by atoms with E-state index in [0.717, 1.165) is 11.8 Å². The number of aromatic nitrogens is 1. The van der Waals surface area contributed by atoms with E-state index in [9.17, 15) is 14.5 Å². The van der Waals surface area contributed by atoms with Crippen LogP contribution in [0.4, 0.5) is 4.39 Å². The SMILES string of the molecule is CCO[P@@](C)(=O)C[C@@H](O)c1cccc(OC(=O)c2cc(CN(C(C)C)C(C)C)c(-c3cc(OC)ncc3F)cc2C)c1. The Balaban J connectivity index is 2.00. The molecule has 42 heavy (non-hydrogen) atoms. The van der Waals surface area contributed by atoms with Crippen LogP contribution in [0.25, 0.3) is 11.1 Å². The van der Waals surface area contributed by atoms with E-state index in [4.69, 9.17) is 14.0 Å². The van der Waals surface area contributed by atoms with Crippen molar-refractivity contribution in [2.45, 2.75) is 66.3 Å². The average molecular weight is 601 g/mol. The maximum atomic E-state index is 15.1. The summed E-state index contributed by atoms with van der Waals surface area (Å²) < 4.78 is 43.9. The Labute approximate surface area is 248 Å². The van der Waals surface area contributed by atoms with Crippen molar-refractivity contribution in [3.63, 3.8) is 0 Å². The molecule has 1 aromatic heterocycles. The lowest BCUT2D eigenvalue weighted by molar-refractivity contribution is 0.0733. The van der Waals surface area contributed by atoms with Gasteiger partial charge in [0.25, 0.3) is 0 Å². The fourth-order valence-corrected chi connectivity index (χ4v) is 6.43. The van der Waals surface area contributed by atoms with Crippen LogP contribution in [-0.2, 0) is 15.6 Å².